The minimum absolute atomic E-state index is 0.128. The molecule has 28 heavy (non-hydrogen) atoms. The molecule has 0 bridgehead atoms. The Morgan fingerprint density at radius 1 is 1.29 bits per heavy atom. The highest BCUT2D eigenvalue weighted by molar-refractivity contribution is 7.14. The number of aromatic nitrogens is 1. The van der Waals surface area contributed by atoms with Crippen molar-refractivity contribution in [2.75, 3.05) is 12.4 Å². The third-order valence-electron chi connectivity index (χ3n) is 3.85. The van der Waals surface area contributed by atoms with E-state index in [1.807, 2.05) is 29.0 Å². The minimum Gasteiger partial charge on any atom is -0.495 e. The zero-order valence-electron chi connectivity index (χ0n) is 15.2. The number of ether oxygens (including phenoxy) is 1. The van der Waals surface area contributed by atoms with Crippen LogP contribution in [0.15, 0.2) is 41.1 Å². The maximum atomic E-state index is 12.5. The number of hydrogen-bond donors (Lipinski definition) is 2. The van der Waals surface area contributed by atoms with E-state index in [9.17, 15) is 9.59 Å². The molecule has 0 saturated heterocycles. The summed E-state index contributed by atoms with van der Waals surface area (Å²) in [5.74, 6) is 0.187. The first kappa shape index (κ1) is 20.3. The maximum Gasteiger partial charge on any atom is 0.228 e. The number of carbonyl (C=O) groups is 2. The lowest BCUT2D eigenvalue weighted by Gasteiger charge is -2.15. The van der Waals surface area contributed by atoms with Gasteiger partial charge in [-0.1, -0.05) is 17.7 Å². The summed E-state index contributed by atoms with van der Waals surface area (Å²) in [5, 5.41) is 10.3. The molecule has 0 radical (unpaired) electrons. The predicted molar refractivity (Wildman–Crippen MR) is 113 cm³/mol. The fourth-order valence-corrected chi connectivity index (χ4v) is 4.37. The second-order valence-corrected chi connectivity index (χ2v) is 8.15. The first-order chi connectivity index (χ1) is 13.5. The zero-order chi connectivity index (χ0) is 20.1. The van der Waals surface area contributed by atoms with Gasteiger partial charge in [-0.25, -0.2) is 4.98 Å². The Morgan fingerprint density at radius 2 is 2.11 bits per heavy atom. The smallest absolute Gasteiger partial charge is 0.228 e. The van der Waals surface area contributed by atoms with Crippen LogP contribution in [0, 0.1) is 0 Å². The molecule has 146 valence electrons. The number of rotatable bonds is 7. The zero-order valence-corrected chi connectivity index (χ0v) is 17.6. The Morgan fingerprint density at radius 3 is 2.75 bits per heavy atom. The lowest BCUT2D eigenvalue weighted by molar-refractivity contribution is -0.120. The number of hydrogen-bond acceptors (Lipinski definition) is 6. The van der Waals surface area contributed by atoms with Crippen LogP contribution in [0.4, 0.5) is 5.13 Å². The number of benzene rings is 1. The summed E-state index contributed by atoms with van der Waals surface area (Å²) >= 11 is 8.99. The molecule has 0 spiro atoms. The Bertz CT molecular complexity index is 973. The van der Waals surface area contributed by atoms with Gasteiger partial charge in [0.15, 0.2) is 5.13 Å². The summed E-state index contributed by atoms with van der Waals surface area (Å²) in [5.41, 5.74) is 1.54. The summed E-state index contributed by atoms with van der Waals surface area (Å²) in [6.07, 6.45) is 0.128. The van der Waals surface area contributed by atoms with Crippen molar-refractivity contribution >= 4 is 51.2 Å². The third kappa shape index (κ3) is 5.09. The van der Waals surface area contributed by atoms with Crippen LogP contribution < -0.4 is 15.4 Å². The van der Waals surface area contributed by atoms with Crippen molar-refractivity contribution in [3.05, 3.63) is 51.0 Å². The van der Waals surface area contributed by atoms with Crippen LogP contribution in [0.25, 0.3) is 11.3 Å². The summed E-state index contributed by atoms with van der Waals surface area (Å²) in [6, 6.07) is 8.82. The van der Waals surface area contributed by atoms with Gasteiger partial charge in [-0.2, -0.15) is 0 Å². The molecular weight excluding hydrogens is 418 g/mol. The highest BCUT2D eigenvalue weighted by atomic mass is 35.5. The van der Waals surface area contributed by atoms with Gasteiger partial charge in [0.1, 0.15) is 5.75 Å². The molecule has 2 aromatic heterocycles. The molecule has 1 atom stereocenters. The van der Waals surface area contributed by atoms with E-state index >= 15 is 0 Å². The number of carbonyl (C=O) groups excluding carboxylic acids is 2. The molecule has 0 aliphatic carbocycles. The summed E-state index contributed by atoms with van der Waals surface area (Å²) < 4.78 is 5.15. The molecule has 1 unspecified atom stereocenters. The molecule has 2 amide bonds. The van der Waals surface area contributed by atoms with Crippen LogP contribution in [0.5, 0.6) is 5.75 Å². The van der Waals surface area contributed by atoms with E-state index in [1.54, 1.807) is 19.2 Å². The SMILES string of the molecule is COc1ccc(-c2csc(NC(=O)CC(NC(C)=O)c3cccs3)n2)cc1Cl. The predicted octanol–water partition coefficient (Wildman–Crippen LogP) is 4.74. The molecule has 1 aromatic carbocycles. The molecule has 0 aliphatic rings. The van der Waals surface area contributed by atoms with Crippen LogP contribution in [-0.4, -0.2) is 23.9 Å². The highest BCUT2D eigenvalue weighted by Crippen LogP contribution is 2.32. The van der Waals surface area contributed by atoms with Crippen LogP contribution in [0.2, 0.25) is 5.02 Å². The summed E-state index contributed by atoms with van der Waals surface area (Å²) in [6.45, 7) is 1.44. The van der Waals surface area contributed by atoms with E-state index in [2.05, 4.69) is 15.6 Å². The fourth-order valence-electron chi connectivity index (χ4n) is 2.60. The fraction of sp³-hybridized carbons (Fsp3) is 0.211. The Kier molecular flexibility index (Phi) is 6.66. The van der Waals surface area contributed by atoms with Gasteiger partial charge in [-0.05, 0) is 29.6 Å². The van der Waals surface area contributed by atoms with Gasteiger partial charge in [-0.15, -0.1) is 22.7 Å². The lowest BCUT2D eigenvalue weighted by atomic mass is 10.1. The number of halogens is 1. The van der Waals surface area contributed by atoms with Crippen molar-refractivity contribution in [2.24, 2.45) is 0 Å². The second-order valence-electron chi connectivity index (χ2n) is 5.91. The van der Waals surface area contributed by atoms with Gasteiger partial charge in [0, 0.05) is 22.7 Å². The van der Waals surface area contributed by atoms with Crippen molar-refractivity contribution < 1.29 is 14.3 Å². The number of anilines is 1. The molecule has 0 aliphatic heterocycles. The highest BCUT2D eigenvalue weighted by Gasteiger charge is 2.19. The average molecular weight is 436 g/mol. The van der Waals surface area contributed by atoms with Crippen LogP contribution >= 0.6 is 34.3 Å². The topological polar surface area (TPSA) is 80.3 Å². The van der Waals surface area contributed by atoms with Crippen LogP contribution in [0.3, 0.4) is 0 Å². The van der Waals surface area contributed by atoms with Crippen molar-refractivity contribution in [1.82, 2.24) is 10.3 Å². The largest absolute Gasteiger partial charge is 0.495 e. The monoisotopic (exact) mass is 435 g/mol. The summed E-state index contributed by atoms with van der Waals surface area (Å²) in [4.78, 5) is 29.3. The molecular formula is C19H18ClN3O3S2. The normalized spacial score (nSPS) is 11.7. The number of methoxy groups -OCH3 is 1. The Balaban J connectivity index is 1.68. The van der Waals surface area contributed by atoms with E-state index in [0.717, 1.165) is 10.4 Å². The first-order valence-corrected chi connectivity index (χ1v) is 10.5. The number of nitrogens with zero attached hydrogens (tertiary/aromatic N) is 1. The average Bonchev–Trinajstić information content (AvgIpc) is 3.32. The first-order valence-electron chi connectivity index (χ1n) is 8.36. The molecule has 3 rings (SSSR count). The van der Waals surface area contributed by atoms with Gasteiger partial charge in [0.25, 0.3) is 0 Å². The van der Waals surface area contributed by atoms with E-state index in [1.165, 1.54) is 29.6 Å². The van der Waals surface area contributed by atoms with Crippen LogP contribution in [-0.2, 0) is 9.59 Å². The number of thiazole rings is 1. The van der Waals surface area contributed by atoms with Crippen molar-refractivity contribution in [2.45, 2.75) is 19.4 Å². The van der Waals surface area contributed by atoms with E-state index in [0.29, 0.717) is 21.6 Å². The van der Waals surface area contributed by atoms with E-state index in [4.69, 9.17) is 16.3 Å². The van der Waals surface area contributed by atoms with Gasteiger partial charge < -0.3 is 15.4 Å². The number of thiophene rings is 1. The molecule has 0 fully saturated rings. The Hall–Kier alpha value is -2.42. The van der Waals surface area contributed by atoms with Crippen molar-refractivity contribution in [3.63, 3.8) is 0 Å². The van der Waals surface area contributed by atoms with E-state index < -0.39 is 0 Å². The van der Waals surface area contributed by atoms with E-state index in [-0.39, 0.29) is 24.3 Å². The third-order valence-corrected chi connectivity index (χ3v) is 5.89. The van der Waals surface area contributed by atoms with Gasteiger partial charge >= 0.3 is 0 Å². The van der Waals surface area contributed by atoms with Crippen molar-refractivity contribution in [1.29, 1.82) is 0 Å². The summed E-state index contributed by atoms with van der Waals surface area (Å²) in [7, 11) is 1.56. The van der Waals surface area contributed by atoms with Crippen molar-refractivity contribution in [3.8, 4) is 17.0 Å². The Labute approximate surface area is 175 Å². The molecule has 0 saturated carbocycles. The molecule has 2 N–H and O–H groups in total. The number of nitrogens with one attached hydrogen (secondary N) is 2. The van der Waals surface area contributed by atoms with Gasteiger partial charge in [0.05, 0.1) is 30.3 Å². The quantitative estimate of drug-likeness (QED) is 0.561. The van der Waals surface area contributed by atoms with Gasteiger partial charge in [0.2, 0.25) is 11.8 Å². The maximum absolute atomic E-state index is 12.5. The molecule has 3 aromatic rings. The molecule has 6 nitrogen and oxygen atoms in total. The minimum atomic E-state index is -0.364. The van der Waals surface area contributed by atoms with Crippen LogP contribution in [0.1, 0.15) is 24.3 Å². The molecule has 9 heteroatoms. The lowest BCUT2D eigenvalue weighted by Crippen LogP contribution is -2.29. The van der Waals surface area contributed by atoms with Gasteiger partial charge in [-0.3, -0.25) is 9.59 Å². The standard InChI is InChI=1S/C19H18ClN3O3S2/c1-11(24)21-14(17-4-3-7-27-17)9-18(25)23-19-22-15(10-28-19)12-5-6-16(26-2)13(20)8-12/h3-8,10,14H,9H2,1-2H3,(H,21,24)(H,22,23,25). The second kappa shape index (κ2) is 9.18. The number of amides is 2. The molecule has 2 heterocycles.